The van der Waals surface area contributed by atoms with Crippen LogP contribution < -0.4 is 15.8 Å². The summed E-state index contributed by atoms with van der Waals surface area (Å²) in [6, 6.07) is 10.3. The van der Waals surface area contributed by atoms with Crippen LogP contribution in [0.1, 0.15) is 36.7 Å². The van der Waals surface area contributed by atoms with Gasteiger partial charge in [-0.1, -0.05) is 61.2 Å². The molecule has 164 valence electrons. The van der Waals surface area contributed by atoms with Crippen LogP contribution in [0.5, 0.6) is 0 Å². The summed E-state index contributed by atoms with van der Waals surface area (Å²) in [5.74, 6) is -0.808. The highest BCUT2D eigenvalue weighted by molar-refractivity contribution is 7.89. The molecule has 3 aromatic rings. The van der Waals surface area contributed by atoms with Crippen LogP contribution >= 0.6 is 23.2 Å². The fourth-order valence-electron chi connectivity index (χ4n) is 2.98. The van der Waals surface area contributed by atoms with Gasteiger partial charge in [-0.2, -0.15) is 5.10 Å². The second-order valence-corrected chi connectivity index (χ2v) is 9.35. The zero-order valence-corrected chi connectivity index (χ0v) is 18.9. The van der Waals surface area contributed by atoms with Gasteiger partial charge in [0, 0.05) is 22.0 Å². The number of fused-ring (bicyclic) bond motifs is 1. The molecular formula is C20H20Cl2N4O4S. The first kappa shape index (κ1) is 23.2. The molecule has 0 aliphatic heterocycles. The Morgan fingerprint density at radius 1 is 1.06 bits per heavy atom. The molecule has 8 nitrogen and oxygen atoms in total. The minimum absolute atomic E-state index is 0.0708. The first-order valence-corrected chi connectivity index (χ1v) is 11.7. The number of carbonyl (C=O) groups is 1. The van der Waals surface area contributed by atoms with Crippen LogP contribution in [0.2, 0.25) is 10.0 Å². The number of aryl methyl sites for hydroxylation is 1. The first-order chi connectivity index (χ1) is 14.7. The van der Waals surface area contributed by atoms with Crippen molar-refractivity contribution >= 4 is 49.9 Å². The Labute approximate surface area is 189 Å². The molecule has 1 heterocycles. The van der Waals surface area contributed by atoms with Gasteiger partial charge in [0.15, 0.2) is 5.69 Å². The second-order valence-electron chi connectivity index (χ2n) is 6.79. The molecule has 0 aliphatic carbocycles. The lowest BCUT2D eigenvalue weighted by atomic mass is 10.1. The molecule has 0 spiro atoms. The number of halogens is 2. The van der Waals surface area contributed by atoms with Crippen LogP contribution in [-0.2, 0) is 16.6 Å². The molecule has 0 saturated carbocycles. The van der Waals surface area contributed by atoms with Gasteiger partial charge in [-0.05, 0) is 30.7 Å². The van der Waals surface area contributed by atoms with E-state index in [-0.39, 0.29) is 26.2 Å². The minimum atomic E-state index is -4.14. The fourth-order valence-corrected chi connectivity index (χ4v) is 4.55. The Morgan fingerprint density at radius 3 is 2.35 bits per heavy atom. The third kappa shape index (κ3) is 5.43. The summed E-state index contributed by atoms with van der Waals surface area (Å²) in [6.45, 7) is 2.39. The van der Waals surface area contributed by atoms with E-state index in [9.17, 15) is 18.0 Å². The van der Waals surface area contributed by atoms with Gasteiger partial charge in [0.1, 0.15) is 0 Å². The molecule has 0 radical (unpaired) electrons. The van der Waals surface area contributed by atoms with Gasteiger partial charge >= 0.3 is 0 Å². The fraction of sp³-hybridized carbons (Fsp3) is 0.250. The summed E-state index contributed by atoms with van der Waals surface area (Å²) in [6.07, 6.45) is 2.60. The molecule has 3 rings (SSSR count). The average molecular weight is 483 g/mol. The summed E-state index contributed by atoms with van der Waals surface area (Å²) in [7, 11) is -4.14. The van der Waals surface area contributed by atoms with E-state index in [0.29, 0.717) is 17.3 Å². The Bertz CT molecular complexity index is 1270. The van der Waals surface area contributed by atoms with E-state index in [1.807, 2.05) is 11.8 Å². The van der Waals surface area contributed by atoms with Crippen LogP contribution in [0.25, 0.3) is 10.8 Å². The van der Waals surface area contributed by atoms with E-state index < -0.39 is 15.9 Å². The number of nitrogens with zero attached hydrogens (tertiary/aromatic N) is 2. The molecule has 0 saturated heterocycles. The normalized spacial score (nSPS) is 11.6. The van der Waals surface area contributed by atoms with Crippen LogP contribution in [0.15, 0.2) is 52.2 Å². The molecule has 11 heteroatoms. The number of sulfonamides is 1. The van der Waals surface area contributed by atoms with E-state index in [1.165, 1.54) is 22.9 Å². The molecule has 0 unspecified atom stereocenters. The third-order valence-corrected chi connectivity index (χ3v) is 6.17. The van der Waals surface area contributed by atoms with E-state index in [4.69, 9.17) is 23.2 Å². The number of hydrazine groups is 1. The maximum absolute atomic E-state index is 12.8. The molecule has 2 aromatic carbocycles. The Hall–Kier alpha value is -2.46. The number of hydrogen-bond acceptors (Lipinski definition) is 5. The van der Waals surface area contributed by atoms with E-state index in [0.717, 1.165) is 19.3 Å². The Kier molecular flexibility index (Phi) is 7.32. The van der Waals surface area contributed by atoms with Crippen molar-refractivity contribution in [3.05, 3.63) is 68.6 Å². The standard InChI is InChI=1S/C20H20Cl2N4O4S/c1-2-3-6-9-26-20(28)17-8-5-4-7-16(17)18(24-26)19(27)23-25-31(29,30)15-11-13(21)10-14(22)12-15/h4-5,7-8,10-12,25H,2-3,6,9H2,1H3,(H,23,27). The lowest BCUT2D eigenvalue weighted by Crippen LogP contribution is -2.42. The van der Waals surface area contributed by atoms with Crippen LogP contribution in [-0.4, -0.2) is 24.1 Å². The first-order valence-electron chi connectivity index (χ1n) is 9.51. The summed E-state index contributed by atoms with van der Waals surface area (Å²) >= 11 is 11.7. The largest absolute Gasteiger partial charge is 0.287 e. The van der Waals surface area contributed by atoms with Crippen molar-refractivity contribution < 1.29 is 13.2 Å². The van der Waals surface area contributed by atoms with Gasteiger partial charge in [-0.3, -0.25) is 15.0 Å². The Morgan fingerprint density at radius 2 is 1.71 bits per heavy atom. The molecular weight excluding hydrogens is 463 g/mol. The SMILES string of the molecule is CCCCCn1nc(C(=O)NNS(=O)(=O)c2cc(Cl)cc(Cl)c2)c2ccccc2c1=O. The van der Waals surface area contributed by atoms with Crippen LogP contribution in [0.4, 0.5) is 0 Å². The van der Waals surface area contributed by atoms with Crippen molar-refractivity contribution in [3.8, 4) is 0 Å². The van der Waals surface area contributed by atoms with Crippen molar-refractivity contribution in [2.45, 2.75) is 37.6 Å². The second kappa shape index (κ2) is 9.78. The monoisotopic (exact) mass is 482 g/mol. The quantitative estimate of drug-likeness (QED) is 0.376. The highest BCUT2D eigenvalue weighted by atomic mass is 35.5. The van der Waals surface area contributed by atoms with Crippen LogP contribution in [0, 0.1) is 0 Å². The highest BCUT2D eigenvalue weighted by Crippen LogP contribution is 2.22. The molecule has 1 amide bonds. The number of unbranched alkanes of at least 4 members (excludes halogenated alkanes) is 2. The molecule has 31 heavy (non-hydrogen) atoms. The van der Waals surface area contributed by atoms with E-state index >= 15 is 0 Å². The van der Waals surface area contributed by atoms with Crippen molar-refractivity contribution in [2.75, 3.05) is 0 Å². The molecule has 0 aliphatic rings. The topological polar surface area (TPSA) is 110 Å². The number of aromatic nitrogens is 2. The van der Waals surface area contributed by atoms with Crippen molar-refractivity contribution in [1.29, 1.82) is 0 Å². The lowest BCUT2D eigenvalue weighted by molar-refractivity contribution is 0.0939. The van der Waals surface area contributed by atoms with E-state index in [1.54, 1.807) is 24.3 Å². The molecule has 0 fully saturated rings. The van der Waals surface area contributed by atoms with E-state index in [2.05, 4.69) is 10.5 Å². The predicted octanol–water partition coefficient (Wildman–Crippen LogP) is 3.52. The number of nitrogens with one attached hydrogen (secondary N) is 2. The summed E-state index contributed by atoms with van der Waals surface area (Å²) in [4.78, 5) is 27.3. The number of rotatable bonds is 8. The molecule has 0 atom stereocenters. The maximum Gasteiger partial charge on any atom is 0.287 e. The average Bonchev–Trinajstić information content (AvgIpc) is 2.73. The van der Waals surface area contributed by atoms with Crippen molar-refractivity contribution in [1.82, 2.24) is 20.0 Å². The van der Waals surface area contributed by atoms with Gasteiger partial charge in [-0.15, -0.1) is 4.83 Å². The minimum Gasteiger partial charge on any atom is -0.272 e. The number of benzene rings is 2. The van der Waals surface area contributed by atoms with Crippen molar-refractivity contribution in [3.63, 3.8) is 0 Å². The predicted molar refractivity (Wildman–Crippen MR) is 120 cm³/mol. The number of hydrogen-bond donors (Lipinski definition) is 2. The lowest BCUT2D eigenvalue weighted by Gasteiger charge is -2.12. The third-order valence-electron chi connectivity index (χ3n) is 4.50. The van der Waals surface area contributed by atoms with Gasteiger partial charge in [-0.25, -0.2) is 13.1 Å². The van der Waals surface area contributed by atoms with Gasteiger partial charge in [0.05, 0.1) is 10.3 Å². The summed E-state index contributed by atoms with van der Waals surface area (Å²) in [5.41, 5.74) is 1.76. The van der Waals surface area contributed by atoms with Gasteiger partial charge in [0.2, 0.25) is 0 Å². The highest BCUT2D eigenvalue weighted by Gasteiger charge is 2.20. The zero-order valence-electron chi connectivity index (χ0n) is 16.6. The molecule has 0 bridgehead atoms. The number of carbonyl (C=O) groups excluding carboxylic acids is 1. The van der Waals surface area contributed by atoms with Gasteiger partial charge < -0.3 is 0 Å². The summed E-state index contributed by atoms with van der Waals surface area (Å²) < 4.78 is 26.3. The van der Waals surface area contributed by atoms with Gasteiger partial charge in [0.25, 0.3) is 21.5 Å². The summed E-state index contributed by atoms with van der Waals surface area (Å²) in [5, 5.41) is 5.09. The zero-order chi connectivity index (χ0) is 22.6. The molecule has 2 N–H and O–H groups in total. The van der Waals surface area contributed by atoms with Crippen molar-refractivity contribution in [2.24, 2.45) is 0 Å². The Balaban J connectivity index is 1.91. The maximum atomic E-state index is 12.8. The number of amides is 1. The van der Waals surface area contributed by atoms with Crippen LogP contribution in [0.3, 0.4) is 0 Å². The smallest absolute Gasteiger partial charge is 0.272 e. The molecule has 1 aromatic heterocycles.